The maximum atomic E-state index is 11.7. The van der Waals surface area contributed by atoms with Gasteiger partial charge < -0.3 is 14.1 Å². The SMILES string of the molecule is CCC1CC(=O)NN=C1c1ccc2nc(-c3ccc(OCCCN4CCCCC4)cc3)oc2c1. The second-order valence-electron chi connectivity index (χ2n) is 9.17. The molecular formula is C27H32N4O3. The number of hydrazone groups is 1. The zero-order valence-electron chi connectivity index (χ0n) is 19.8. The Kier molecular flexibility index (Phi) is 6.90. The summed E-state index contributed by atoms with van der Waals surface area (Å²) in [5, 5.41) is 4.31. The molecule has 2 aliphatic heterocycles. The van der Waals surface area contributed by atoms with Crippen molar-refractivity contribution < 1.29 is 13.9 Å². The fourth-order valence-electron chi connectivity index (χ4n) is 4.78. The molecule has 5 rings (SSSR count). The monoisotopic (exact) mass is 460 g/mol. The Morgan fingerprint density at radius 3 is 2.68 bits per heavy atom. The lowest BCUT2D eigenvalue weighted by molar-refractivity contribution is -0.122. The van der Waals surface area contributed by atoms with Crippen LogP contribution in [0, 0.1) is 5.92 Å². The highest BCUT2D eigenvalue weighted by atomic mass is 16.5. The highest BCUT2D eigenvalue weighted by Gasteiger charge is 2.24. The first-order valence-corrected chi connectivity index (χ1v) is 12.4. The van der Waals surface area contributed by atoms with Crippen LogP contribution >= 0.6 is 0 Å². The summed E-state index contributed by atoms with van der Waals surface area (Å²) < 4.78 is 12.0. The van der Waals surface area contributed by atoms with Crippen LogP contribution < -0.4 is 10.2 Å². The molecule has 3 aromatic rings. The van der Waals surface area contributed by atoms with Crippen LogP contribution in [-0.2, 0) is 4.79 Å². The van der Waals surface area contributed by atoms with Crippen molar-refractivity contribution in [2.45, 2.75) is 45.4 Å². The van der Waals surface area contributed by atoms with Crippen molar-refractivity contribution in [3.05, 3.63) is 48.0 Å². The first-order chi connectivity index (χ1) is 16.7. The summed E-state index contributed by atoms with van der Waals surface area (Å²) in [5.41, 5.74) is 6.86. The molecule has 0 radical (unpaired) electrons. The molecule has 0 aliphatic carbocycles. The van der Waals surface area contributed by atoms with Gasteiger partial charge in [0.15, 0.2) is 5.58 Å². The van der Waals surface area contributed by atoms with Crippen molar-refractivity contribution in [3.63, 3.8) is 0 Å². The smallest absolute Gasteiger partial charge is 0.240 e. The van der Waals surface area contributed by atoms with E-state index in [-0.39, 0.29) is 11.8 Å². The molecule has 1 atom stereocenters. The van der Waals surface area contributed by atoms with Gasteiger partial charge in [0, 0.05) is 30.0 Å². The molecule has 0 bridgehead atoms. The maximum Gasteiger partial charge on any atom is 0.240 e. The summed E-state index contributed by atoms with van der Waals surface area (Å²) in [4.78, 5) is 18.9. The molecule has 1 saturated heterocycles. The molecular weight excluding hydrogens is 428 g/mol. The van der Waals surface area contributed by atoms with Gasteiger partial charge in [0.05, 0.1) is 12.3 Å². The minimum absolute atomic E-state index is 0.0342. The van der Waals surface area contributed by atoms with Gasteiger partial charge in [0.2, 0.25) is 11.8 Å². The Hall–Kier alpha value is -3.19. The van der Waals surface area contributed by atoms with E-state index >= 15 is 0 Å². The average molecular weight is 461 g/mol. The Morgan fingerprint density at radius 1 is 1.09 bits per heavy atom. The molecule has 1 fully saturated rings. The predicted octanol–water partition coefficient (Wildman–Crippen LogP) is 5.00. The number of ether oxygens (including phenoxy) is 1. The van der Waals surface area contributed by atoms with Crippen LogP contribution in [-0.4, -0.2) is 47.7 Å². The fourth-order valence-corrected chi connectivity index (χ4v) is 4.78. The second-order valence-corrected chi connectivity index (χ2v) is 9.17. The third kappa shape index (κ3) is 5.14. The van der Waals surface area contributed by atoms with E-state index in [0.29, 0.717) is 17.9 Å². The summed E-state index contributed by atoms with van der Waals surface area (Å²) in [6.07, 6.45) is 6.38. The fraction of sp³-hybridized carbons (Fsp3) is 0.444. The van der Waals surface area contributed by atoms with E-state index in [1.165, 1.54) is 32.4 Å². The van der Waals surface area contributed by atoms with Gasteiger partial charge in [-0.3, -0.25) is 4.79 Å². The normalized spacial score (nSPS) is 19.1. The standard InChI is InChI=1S/C27H32N4O3/c1-2-19-18-25(32)29-30-26(19)21-9-12-23-24(17-21)34-27(28-23)20-7-10-22(11-8-20)33-16-6-15-31-13-4-3-5-14-31/h7-12,17,19H,2-6,13-16,18H2,1H3,(H,29,32). The lowest BCUT2D eigenvalue weighted by Gasteiger charge is -2.26. The van der Waals surface area contributed by atoms with Crippen LogP contribution in [0.1, 0.15) is 51.0 Å². The molecule has 1 unspecified atom stereocenters. The number of benzene rings is 2. The van der Waals surface area contributed by atoms with Gasteiger partial charge in [-0.2, -0.15) is 5.10 Å². The lowest BCUT2D eigenvalue weighted by atomic mass is 9.90. The van der Waals surface area contributed by atoms with Gasteiger partial charge in [0.1, 0.15) is 11.3 Å². The largest absolute Gasteiger partial charge is 0.494 e. The minimum atomic E-state index is -0.0342. The Balaban J connectivity index is 1.23. The van der Waals surface area contributed by atoms with Crippen molar-refractivity contribution in [1.82, 2.24) is 15.3 Å². The lowest BCUT2D eigenvalue weighted by Crippen LogP contribution is -2.33. The van der Waals surface area contributed by atoms with E-state index in [9.17, 15) is 4.79 Å². The molecule has 1 aromatic heterocycles. The Morgan fingerprint density at radius 2 is 1.88 bits per heavy atom. The van der Waals surface area contributed by atoms with Crippen LogP contribution in [0.3, 0.4) is 0 Å². The van der Waals surface area contributed by atoms with Gasteiger partial charge in [-0.1, -0.05) is 19.4 Å². The molecule has 0 saturated carbocycles. The zero-order valence-corrected chi connectivity index (χ0v) is 19.8. The molecule has 2 aromatic carbocycles. The molecule has 3 heterocycles. The Labute approximate surface area is 200 Å². The number of rotatable bonds is 8. The molecule has 0 spiro atoms. The van der Waals surface area contributed by atoms with Crippen LogP contribution in [0.15, 0.2) is 52.0 Å². The van der Waals surface area contributed by atoms with Gasteiger partial charge in [-0.15, -0.1) is 0 Å². The number of hydrogen-bond donors (Lipinski definition) is 1. The summed E-state index contributed by atoms with van der Waals surface area (Å²) in [7, 11) is 0. The summed E-state index contributed by atoms with van der Waals surface area (Å²) in [5.74, 6) is 1.52. The number of nitrogens with zero attached hydrogens (tertiary/aromatic N) is 3. The molecule has 1 amide bonds. The van der Waals surface area contributed by atoms with Crippen LogP contribution in [0.5, 0.6) is 5.75 Å². The number of piperidine rings is 1. The Bertz CT molecular complexity index is 1160. The number of hydrogen-bond acceptors (Lipinski definition) is 6. The van der Waals surface area contributed by atoms with Crippen molar-refractivity contribution >= 4 is 22.7 Å². The van der Waals surface area contributed by atoms with Crippen molar-refractivity contribution in [3.8, 4) is 17.2 Å². The maximum absolute atomic E-state index is 11.7. The van der Waals surface area contributed by atoms with Crippen LogP contribution in [0.4, 0.5) is 0 Å². The molecule has 178 valence electrons. The molecule has 2 aliphatic rings. The van der Waals surface area contributed by atoms with Crippen LogP contribution in [0.2, 0.25) is 0 Å². The number of oxazole rings is 1. The summed E-state index contributed by atoms with van der Waals surface area (Å²) >= 11 is 0. The highest BCUT2D eigenvalue weighted by Crippen LogP contribution is 2.28. The van der Waals surface area contributed by atoms with Crippen molar-refractivity contribution in [2.75, 3.05) is 26.2 Å². The zero-order chi connectivity index (χ0) is 23.3. The van der Waals surface area contributed by atoms with Crippen molar-refractivity contribution in [1.29, 1.82) is 0 Å². The quantitative estimate of drug-likeness (QED) is 0.479. The number of nitrogens with one attached hydrogen (secondary N) is 1. The van der Waals surface area contributed by atoms with E-state index in [4.69, 9.17) is 9.15 Å². The highest BCUT2D eigenvalue weighted by molar-refractivity contribution is 6.07. The van der Waals surface area contributed by atoms with E-state index in [1.807, 2.05) is 42.5 Å². The van der Waals surface area contributed by atoms with Gasteiger partial charge in [-0.25, -0.2) is 10.4 Å². The summed E-state index contributed by atoms with van der Waals surface area (Å²) in [6.45, 7) is 6.37. The molecule has 7 nitrogen and oxygen atoms in total. The number of likely N-dealkylation sites (tertiary alicyclic amines) is 1. The van der Waals surface area contributed by atoms with Gasteiger partial charge in [0.25, 0.3) is 0 Å². The van der Waals surface area contributed by atoms with E-state index in [1.54, 1.807) is 0 Å². The van der Waals surface area contributed by atoms with Crippen LogP contribution in [0.25, 0.3) is 22.6 Å². The van der Waals surface area contributed by atoms with Gasteiger partial charge in [-0.05, 0) is 75.2 Å². The number of aromatic nitrogens is 1. The number of amides is 1. The molecule has 7 heteroatoms. The van der Waals surface area contributed by atoms with Gasteiger partial charge >= 0.3 is 0 Å². The second kappa shape index (κ2) is 10.4. The third-order valence-corrected chi connectivity index (χ3v) is 6.73. The third-order valence-electron chi connectivity index (χ3n) is 6.73. The predicted molar refractivity (Wildman–Crippen MR) is 133 cm³/mol. The molecule has 34 heavy (non-hydrogen) atoms. The minimum Gasteiger partial charge on any atom is -0.494 e. The van der Waals surface area contributed by atoms with E-state index in [0.717, 1.165) is 54.1 Å². The first kappa shape index (κ1) is 22.6. The molecule has 1 N–H and O–H groups in total. The number of carbonyl (C=O) groups is 1. The topological polar surface area (TPSA) is 80.0 Å². The first-order valence-electron chi connectivity index (χ1n) is 12.4. The number of carbonyl (C=O) groups excluding carboxylic acids is 1. The average Bonchev–Trinajstić information content (AvgIpc) is 3.31. The number of fused-ring (bicyclic) bond motifs is 1. The summed E-state index contributed by atoms with van der Waals surface area (Å²) in [6, 6.07) is 13.8. The van der Waals surface area contributed by atoms with E-state index < -0.39 is 0 Å². The van der Waals surface area contributed by atoms with Crippen molar-refractivity contribution in [2.24, 2.45) is 11.0 Å². The van der Waals surface area contributed by atoms with E-state index in [2.05, 4.69) is 27.3 Å².